The molecule has 1 aliphatic heterocycles. The van der Waals surface area contributed by atoms with E-state index in [-0.39, 0.29) is 11.9 Å². The molecule has 0 aromatic heterocycles. The summed E-state index contributed by atoms with van der Waals surface area (Å²) in [5.74, 6) is 1.44. The molecule has 0 radical (unpaired) electrons. The second-order valence-electron chi connectivity index (χ2n) is 5.03. The molecule has 0 bridgehead atoms. The van der Waals surface area contributed by atoms with Crippen molar-refractivity contribution in [3.63, 3.8) is 0 Å². The first kappa shape index (κ1) is 13.9. The van der Waals surface area contributed by atoms with E-state index in [1.165, 1.54) is 5.56 Å². The first-order valence-electron chi connectivity index (χ1n) is 6.83. The number of hydrogen-bond acceptors (Lipinski definition) is 3. The minimum Gasteiger partial charge on any atom is -0.493 e. The molecule has 1 N–H and O–H groups in total. The largest absolute Gasteiger partial charge is 0.493 e. The molecule has 4 heteroatoms. The van der Waals surface area contributed by atoms with Gasteiger partial charge in [-0.3, -0.25) is 4.79 Å². The van der Waals surface area contributed by atoms with E-state index < -0.39 is 0 Å². The number of amides is 1. The molecule has 4 nitrogen and oxygen atoms in total. The minimum absolute atomic E-state index is 0.134. The summed E-state index contributed by atoms with van der Waals surface area (Å²) < 4.78 is 5.64. The van der Waals surface area contributed by atoms with E-state index in [9.17, 15) is 4.79 Å². The Balaban J connectivity index is 1.89. The second kappa shape index (κ2) is 6.06. The topological polar surface area (TPSA) is 41.6 Å². The number of benzene rings is 1. The molecule has 0 aliphatic carbocycles. The van der Waals surface area contributed by atoms with E-state index in [1.54, 1.807) is 4.90 Å². The first-order chi connectivity index (χ1) is 9.13. The van der Waals surface area contributed by atoms with Crippen LogP contribution in [0.3, 0.4) is 0 Å². The molecular formula is C15H22N2O2. The maximum atomic E-state index is 12.0. The van der Waals surface area contributed by atoms with E-state index in [1.807, 2.05) is 39.1 Å². The van der Waals surface area contributed by atoms with Crippen LogP contribution in [0.5, 0.6) is 5.75 Å². The van der Waals surface area contributed by atoms with Gasteiger partial charge in [0.1, 0.15) is 5.75 Å². The average Bonchev–Trinajstić information content (AvgIpc) is 2.86. The van der Waals surface area contributed by atoms with Gasteiger partial charge < -0.3 is 15.0 Å². The average molecular weight is 262 g/mol. The summed E-state index contributed by atoms with van der Waals surface area (Å²) in [5.41, 5.74) is 1.23. The molecule has 1 aromatic rings. The molecule has 0 saturated heterocycles. The second-order valence-corrected chi connectivity index (χ2v) is 5.03. The molecule has 2 atom stereocenters. The lowest BCUT2D eigenvalue weighted by Gasteiger charge is -2.21. The Morgan fingerprint density at radius 2 is 2.26 bits per heavy atom. The van der Waals surface area contributed by atoms with Gasteiger partial charge in [-0.25, -0.2) is 0 Å². The van der Waals surface area contributed by atoms with Crippen molar-refractivity contribution in [3.8, 4) is 5.75 Å². The molecule has 1 aliphatic rings. The summed E-state index contributed by atoms with van der Waals surface area (Å²) >= 11 is 0. The van der Waals surface area contributed by atoms with Crippen LogP contribution in [0.1, 0.15) is 25.3 Å². The monoisotopic (exact) mass is 262 g/mol. The SMILES string of the molecule is CCN(C)C(=O)C(C)NCC1COc2ccccc21. The number of para-hydroxylation sites is 1. The summed E-state index contributed by atoms with van der Waals surface area (Å²) in [4.78, 5) is 13.7. The molecule has 1 aromatic carbocycles. The summed E-state index contributed by atoms with van der Waals surface area (Å²) in [5, 5.41) is 3.31. The summed E-state index contributed by atoms with van der Waals surface area (Å²) in [7, 11) is 1.83. The van der Waals surface area contributed by atoms with Crippen LogP contribution >= 0.6 is 0 Å². The standard InChI is InChI=1S/C15H22N2O2/c1-4-17(3)15(18)11(2)16-9-12-10-19-14-8-6-5-7-13(12)14/h5-8,11-12,16H,4,9-10H2,1-3H3. The fraction of sp³-hybridized carbons (Fsp3) is 0.533. The fourth-order valence-corrected chi connectivity index (χ4v) is 2.29. The van der Waals surface area contributed by atoms with Crippen molar-refractivity contribution in [1.29, 1.82) is 0 Å². The van der Waals surface area contributed by atoms with Gasteiger partial charge in [0.2, 0.25) is 5.91 Å². The molecular weight excluding hydrogens is 240 g/mol. The predicted molar refractivity (Wildman–Crippen MR) is 75.5 cm³/mol. The Morgan fingerprint density at radius 1 is 1.53 bits per heavy atom. The smallest absolute Gasteiger partial charge is 0.239 e. The molecule has 1 heterocycles. The Bertz CT molecular complexity index is 448. The summed E-state index contributed by atoms with van der Waals surface area (Å²) in [6.07, 6.45) is 0. The number of rotatable bonds is 5. The number of nitrogens with zero attached hydrogens (tertiary/aromatic N) is 1. The first-order valence-corrected chi connectivity index (χ1v) is 6.83. The Labute approximate surface area is 114 Å². The zero-order valence-electron chi connectivity index (χ0n) is 11.8. The highest BCUT2D eigenvalue weighted by atomic mass is 16.5. The van der Waals surface area contributed by atoms with Crippen LogP contribution in [0, 0.1) is 0 Å². The van der Waals surface area contributed by atoms with Gasteiger partial charge >= 0.3 is 0 Å². The number of likely N-dealkylation sites (N-methyl/N-ethyl adjacent to an activating group) is 1. The third-order valence-electron chi connectivity index (χ3n) is 3.69. The Morgan fingerprint density at radius 3 is 3.00 bits per heavy atom. The zero-order chi connectivity index (χ0) is 13.8. The van der Waals surface area contributed by atoms with Crippen LogP contribution < -0.4 is 10.1 Å². The van der Waals surface area contributed by atoms with Crippen LogP contribution in [-0.2, 0) is 4.79 Å². The molecule has 1 amide bonds. The number of carbonyl (C=O) groups excluding carboxylic acids is 1. The van der Waals surface area contributed by atoms with Crippen LogP contribution in [0.2, 0.25) is 0 Å². The number of nitrogens with one attached hydrogen (secondary N) is 1. The van der Waals surface area contributed by atoms with Gasteiger partial charge in [0.25, 0.3) is 0 Å². The maximum Gasteiger partial charge on any atom is 0.239 e. The third-order valence-corrected chi connectivity index (χ3v) is 3.69. The van der Waals surface area contributed by atoms with Gasteiger partial charge in [0.05, 0.1) is 12.6 Å². The lowest BCUT2D eigenvalue weighted by Crippen LogP contribution is -2.44. The molecule has 0 saturated carbocycles. The van der Waals surface area contributed by atoms with E-state index >= 15 is 0 Å². The van der Waals surface area contributed by atoms with Crippen LogP contribution in [0.15, 0.2) is 24.3 Å². The quantitative estimate of drug-likeness (QED) is 0.876. The Hall–Kier alpha value is -1.55. The highest BCUT2D eigenvalue weighted by Gasteiger charge is 2.25. The van der Waals surface area contributed by atoms with Crippen molar-refractivity contribution in [2.75, 3.05) is 26.7 Å². The van der Waals surface area contributed by atoms with Crippen molar-refractivity contribution in [2.45, 2.75) is 25.8 Å². The number of carbonyl (C=O) groups is 1. The number of fused-ring (bicyclic) bond motifs is 1. The van der Waals surface area contributed by atoms with E-state index in [0.717, 1.165) is 18.8 Å². The molecule has 2 unspecified atom stereocenters. The van der Waals surface area contributed by atoms with Gasteiger partial charge in [-0.2, -0.15) is 0 Å². The predicted octanol–water partition coefficient (Wildman–Crippen LogP) is 1.62. The number of hydrogen-bond donors (Lipinski definition) is 1. The van der Waals surface area contributed by atoms with Gasteiger partial charge in [-0.1, -0.05) is 18.2 Å². The third kappa shape index (κ3) is 3.07. The molecule has 19 heavy (non-hydrogen) atoms. The van der Waals surface area contributed by atoms with Crippen LogP contribution in [0.25, 0.3) is 0 Å². The van der Waals surface area contributed by atoms with Crippen molar-refractivity contribution >= 4 is 5.91 Å². The van der Waals surface area contributed by atoms with Crippen molar-refractivity contribution in [1.82, 2.24) is 10.2 Å². The molecule has 0 fully saturated rings. The van der Waals surface area contributed by atoms with E-state index in [4.69, 9.17) is 4.74 Å². The van der Waals surface area contributed by atoms with Gasteiger partial charge in [0, 0.05) is 31.6 Å². The van der Waals surface area contributed by atoms with E-state index in [0.29, 0.717) is 12.5 Å². The molecule has 2 rings (SSSR count). The Kier molecular flexibility index (Phi) is 4.43. The fourth-order valence-electron chi connectivity index (χ4n) is 2.29. The van der Waals surface area contributed by atoms with Crippen molar-refractivity contribution in [3.05, 3.63) is 29.8 Å². The normalized spacial score (nSPS) is 18.6. The lowest BCUT2D eigenvalue weighted by molar-refractivity contribution is -0.131. The van der Waals surface area contributed by atoms with Gasteiger partial charge in [0.15, 0.2) is 0 Å². The number of ether oxygens (including phenoxy) is 1. The molecule has 104 valence electrons. The van der Waals surface area contributed by atoms with Gasteiger partial charge in [-0.05, 0) is 19.9 Å². The van der Waals surface area contributed by atoms with Crippen molar-refractivity contribution < 1.29 is 9.53 Å². The molecule has 0 spiro atoms. The highest BCUT2D eigenvalue weighted by Crippen LogP contribution is 2.32. The van der Waals surface area contributed by atoms with Crippen molar-refractivity contribution in [2.24, 2.45) is 0 Å². The summed E-state index contributed by atoms with van der Waals surface area (Å²) in [6.45, 7) is 6.08. The minimum atomic E-state index is -0.155. The summed E-state index contributed by atoms with van der Waals surface area (Å²) in [6, 6.07) is 7.95. The van der Waals surface area contributed by atoms with E-state index in [2.05, 4.69) is 11.4 Å². The van der Waals surface area contributed by atoms with Gasteiger partial charge in [-0.15, -0.1) is 0 Å². The van der Waals surface area contributed by atoms with Crippen LogP contribution in [-0.4, -0.2) is 43.6 Å². The lowest BCUT2D eigenvalue weighted by atomic mass is 10.0. The highest BCUT2D eigenvalue weighted by molar-refractivity contribution is 5.81. The maximum absolute atomic E-state index is 12.0. The van der Waals surface area contributed by atoms with Crippen LogP contribution in [0.4, 0.5) is 0 Å². The zero-order valence-corrected chi connectivity index (χ0v) is 11.8.